The van der Waals surface area contributed by atoms with Crippen LogP contribution in [0.15, 0.2) is 41.4 Å². The Morgan fingerprint density at radius 2 is 1.90 bits per heavy atom. The fraction of sp³-hybridized carbons (Fsp3) is 0.235. The van der Waals surface area contributed by atoms with Gasteiger partial charge in [-0.3, -0.25) is 0 Å². The van der Waals surface area contributed by atoms with Gasteiger partial charge in [0.1, 0.15) is 5.84 Å². The number of aliphatic imine (C=N–C) groups is 1. The maximum atomic E-state index is 5.38. The summed E-state index contributed by atoms with van der Waals surface area (Å²) in [6.07, 6.45) is 0.823. The Balaban J connectivity index is 1.86. The number of nitrogens with one attached hydrogen (secondary N) is 1. The first kappa shape index (κ1) is 13.5. The molecule has 0 spiro atoms. The Bertz CT molecular complexity index is 708. The molecule has 2 aromatic carbocycles. The van der Waals surface area contributed by atoms with Crippen LogP contribution in [-0.2, 0) is 6.42 Å². The Kier molecular flexibility index (Phi) is 3.52. The van der Waals surface area contributed by atoms with E-state index in [9.17, 15) is 0 Å². The van der Waals surface area contributed by atoms with Gasteiger partial charge in [-0.2, -0.15) is 0 Å². The molecule has 1 aliphatic rings. The molecule has 0 aromatic heterocycles. The molecule has 2 aromatic rings. The van der Waals surface area contributed by atoms with Crippen LogP contribution in [0, 0.1) is 6.92 Å². The molecule has 1 heterocycles. The van der Waals surface area contributed by atoms with Crippen LogP contribution in [0.1, 0.15) is 11.1 Å². The zero-order chi connectivity index (χ0) is 14.8. The van der Waals surface area contributed by atoms with Gasteiger partial charge >= 0.3 is 0 Å². The zero-order valence-electron chi connectivity index (χ0n) is 12.4. The van der Waals surface area contributed by atoms with Crippen molar-refractivity contribution in [1.82, 2.24) is 0 Å². The van der Waals surface area contributed by atoms with Gasteiger partial charge in [0.05, 0.1) is 19.9 Å². The van der Waals surface area contributed by atoms with Gasteiger partial charge in [-0.25, -0.2) is 4.99 Å². The van der Waals surface area contributed by atoms with E-state index in [-0.39, 0.29) is 0 Å². The molecule has 4 nitrogen and oxygen atoms in total. The molecule has 4 heteroatoms. The summed E-state index contributed by atoms with van der Waals surface area (Å²) in [7, 11) is 3.29. The lowest BCUT2D eigenvalue weighted by molar-refractivity contribution is 0.353. The molecular formula is C17H18N2O2. The van der Waals surface area contributed by atoms with E-state index < -0.39 is 0 Å². The summed E-state index contributed by atoms with van der Waals surface area (Å²) >= 11 is 0. The predicted octanol–water partition coefficient (Wildman–Crippen LogP) is 3.71. The fourth-order valence-electron chi connectivity index (χ4n) is 2.60. The highest BCUT2D eigenvalue weighted by Crippen LogP contribution is 2.34. The molecule has 0 amide bonds. The van der Waals surface area contributed by atoms with E-state index in [1.165, 1.54) is 5.56 Å². The number of ether oxygens (including phenoxy) is 2. The van der Waals surface area contributed by atoms with Crippen molar-refractivity contribution in [3.8, 4) is 11.5 Å². The third kappa shape index (κ3) is 2.57. The van der Waals surface area contributed by atoms with Crippen molar-refractivity contribution in [2.24, 2.45) is 4.99 Å². The lowest BCUT2D eigenvalue weighted by Crippen LogP contribution is -2.11. The van der Waals surface area contributed by atoms with Gasteiger partial charge in [0.2, 0.25) is 0 Å². The Morgan fingerprint density at radius 3 is 2.62 bits per heavy atom. The third-order valence-corrected chi connectivity index (χ3v) is 3.56. The molecule has 0 unspecified atom stereocenters. The van der Waals surface area contributed by atoms with E-state index in [2.05, 4.69) is 16.4 Å². The van der Waals surface area contributed by atoms with E-state index in [1.807, 2.05) is 37.3 Å². The summed E-state index contributed by atoms with van der Waals surface area (Å²) in [6, 6.07) is 12.1. The lowest BCUT2D eigenvalue weighted by Gasteiger charge is -2.14. The first-order valence-corrected chi connectivity index (χ1v) is 6.86. The van der Waals surface area contributed by atoms with Gasteiger partial charge in [-0.15, -0.1) is 0 Å². The van der Waals surface area contributed by atoms with Crippen LogP contribution in [0.4, 0.5) is 11.4 Å². The molecule has 0 aliphatic carbocycles. The highest BCUT2D eigenvalue weighted by Gasteiger charge is 2.15. The van der Waals surface area contributed by atoms with Crippen molar-refractivity contribution >= 4 is 17.2 Å². The number of rotatable bonds is 3. The second-order valence-electron chi connectivity index (χ2n) is 5.02. The van der Waals surface area contributed by atoms with Crippen LogP contribution in [0.25, 0.3) is 0 Å². The number of para-hydroxylation sites is 1. The van der Waals surface area contributed by atoms with E-state index in [1.54, 1.807) is 14.2 Å². The predicted molar refractivity (Wildman–Crippen MR) is 85.1 cm³/mol. The number of methoxy groups -OCH3 is 2. The van der Waals surface area contributed by atoms with Crippen LogP contribution in [0.3, 0.4) is 0 Å². The monoisotopic (exact) mass is 282 g/mol. The molecule has 0 saturated heterocycles. The van der Waals surface area contributed by atoms with Crippen molar-refractivity contribution in [3.63, 3.8) is 0 Å². The molecular weight excluding hydrogens is 264 g/mol. The fourth-order valence-corrected chi connectivity index (χ4v) is 2.60. The summed E-state index contributed by atoms with van der Waals surface area (Å²) in [5.41, 5.74) is 4.27. The molecule has 3 rings (SSSR count). The number of aryl methyl sites for hydroxylation is 1. The first-order chi connectivity index (χ1) is 10.2. The van der Waals surface area contributed by atoms with E-state index >= 15 is 0 Å². The number of fused-ring (bicyclic) bond motifs is 1. The molecule has 0 bridgehead atoms. The van der Waals surface area contributed by atoms with Crippen LogP contribution < -0.4 is 14.8 Å². The van der Waals surface area contributed by atoms with Gasteiger partial charge in [-0.1, -0.05) is 18.2 Å². The number of nitrogens with zero attached hydrogens (tertiary/aromatic N) is 1. The summed E-state index contributed by atoms with van der Waals surface area (Å²) in [5, 5.41) is 3.37. The molecule has 108 valence electrons. The van der Waals surface area contributed by atoms with E-state index in [4.69, 9.17) is 9.47 Å². The first-order valence-electron chi connectivity index (χ1n) is 6.86. The number of hydrogen-bond acceptors (Lipinski definition) is 4. The molecule has 0 saturated carbocycles. The van der Waals surface area contributed by atoms with Crippen LogP contribution in [-0.4, -0.2) is 20.1 Å². The maximum absolute atomic E-state index is 5.38. The molecule has 0 radical (unpaired) electrons. The lowest BCUT2D eigenvalue weighted by atomic mass is 10.1. The van der Waals surface area contributed by atoms with Crippen LogP contribution >= 0.6 is 0 Å². The third-order valence-electron chi connectivity index (χ3n) is 3.56. The minimum atomic E-state index is 0.719. The Morgan fingerprint density at radius 1 is 1.10 bits per heavy atom. The van der Waals surface area contributed by atoms with Crippen molar-refractivity contribution < 1.29 is 9.47 Å². The topological polar surface area (TPSA) is 42.8 Å². The molecule has 1 aliphatic heterocycles. The molecule has 21 heavy (non-hydrogen) atoms. The van der Waals surface area contributed by atoms with Gasteiger partial charge in [-0.05, 0) is 30.2 Å². The van der Waals surface area contributed by atoms with Crippen molar-refractivity contribution in [2.75, 3.05) is 19.5 Å². The van der Waals surface area contributed by atoms with Gasteiger partial charge < -0.3 is 14.8 Å². The summed E-state index contributed by atoms with van der Waals surface area (Å²) in [5.74, 6) is 2.43. The summed E-state index contributed by atoms with van der Waals surface area (Å²) in [6.45, 7) is 2.00. The standard InChI is InChI=1S/C17H18N2O2/c1-11-8-13(10-15(20-2)17(11)21-3)18-16-9-12-6-4-5-7-14(12)19-16/h4-8,10H,9H2,1-3H3,(H,18,19). The van der Waals surface area contributed by atoms with Gasteiger partial charge in [0.25, 0.3) is 0 Å². The minimum absolute atomic E-state index is 0.719. The molecule has 1 N–H and O–H groups in total. The summed E-state index contributed by atoms with van der Waals surface area (Å²) < 4.78 is 10.7. The van der Waals surface area contributed by atoms with Gasteiger partial charge in [0, 0.05) is 18.2 Å². The van der Waals surface area contributed by atoms with Crippen molar-refractivity contribution in [1.29, 1.82) is 0 Å². The molecule has 0 fully saturated rings. The second kappa shape index (κ2) is 5.48. The van der Waals surface area contributed by atoms with Crippen molar-refractivity contribution in [3.05, 3.63) is 47.5 Å². The number of hydrogen-bond donors (Lipinski definition) is 1. The van der Waals surface area contributed by atoms with Gasteiger partial charge in [0.15, 0.2) is 11.5 Å². The van der Waals surface area contributed by atoms with E-state index in [0.717, 1.165) is 40.7 Å². The number of benzene rings is 2. The Hall–Kier alpha value is -2.49. The summed E-state index contributed by atoms with van der Waals surface area (Å²) in [4.78, 5) is 4.61. The zero-order valence-corrected chi connectivity index (χ0v) is 12.4. The second-order valence-corrected chi connectivity index (χ2v) is 5.02. The van der Waals surface area contributed by atoms with Crippen LogP contribution in [0.5, 0.6) is 11.5 Å². The molecule has 0 atom stereocenters. The average molecular weight is 282 g/mol. The number of anilines is 1. The smallest absolute Gasteiger partial charge is 0.163 e. The highest BCUT2D eigenvalue weighted by atomic mass is 16.5. The number of amidine groups is 1. The highest BCUT2D eigenvalue weighted by molar-refractivity contribution is 6.02. The minimum Gasteiger partial charge on any atom is -0.493 e. The van der Waals surface area contributed by atoms with E-state index in [0.29, 0.717) is 0 Å². The largest absolute Gasteiger partial charge is 0.493 e. The quantitative estimate of drug-likeness (QED) is 0.933. The SMILES string of the molecule is COc1cc(NC2=Nc3ccccc3C2)cc(C)c1OC. The Labute approximate surface area is 124 Å². The van der Waals surface area contributed by atoms with Crippen LogP contribution in [0.2, 0.25) is 0 Å². The average Bonchev–Trinajstić information content (AvgIpc) is 2.88. The normalized spacial score (nSPS) is 12.6. The van der Waals surface area contributed by atoms with Crippen molar-refractivity contribution in [2.45, 2.75) is 13.3 Å². The maximum Gasteiger partial charge on any atom is 0.163 e.